The summed E-state index contributed by atoms with van der Waals surface area (Å²) in [5.41, 5.74) is 0.958. The minimum atomic E-state index is -3.76. The maximum atomic E-state index is 13.3. The number of para-hydroxylation sites is 1. The third-order valence-electron chi connectivity index (χ3n) is 4.61. The topological polar surface area (TPSA) is 68.2 Å². The third-order valence-corrected chi connectivity index (χ3v) is 6.70. The Labute approximate surface area is 177 Å². The van der Waals surface area contributed by atoms with Crippen LogP contribution in [-0.4, -0.2) is 18.9 Å². The highest BCUT2D eigenvalue weighted by Crippen LogP contribution is 2.30. The predicted molar refractivity (Wildman–Crippen MR) is 114 cm³/mol. The fraction of sp³-hybridized carbons (Fsp3) is 0.0455. The molecule has 0 aliphatic rings. The smallest absolute Gasteiger partial charge is 0.244 e. The average Bonchev–Trinajstić information content (AvgIpc) is 3.11. The molecule has 30 heavy (non-hydrogen) atoms. The number of sulfone groups is 1. The first-order valence-electron chi connectivity index (χ1n) is 8.99. The van der Waals surface area contributed by atoms with Crippen molar-refractivity contribution in [2.45, 2.75) is 16.3 Å². The van der Waals surface area contributed by atoms with Crippen LogP contribution in [-0.2, 0) is 21.2 Å². The summed E-state index contributed by atoms with van der Waals surface area (Å²) in [5, 5.41) is 3.07. The second kappa shape index (κ2) is 7.93. The Morgan fingerprint density at radius 2 is 1.70 bits per heavy atom. The number of anilines is 1. The molecule has 5 nitrogen and oxygen atoms in total. The minimum absolute atomic E-state index is 0.101. The summed E-state index contributed by atoms with van der Waals surface area (Å²) in [4.78, 5) is 12.8. The van der Waals surface area contributed by atoms with Crippen LogP contribution in [0.2, 0.25) is 5.02 Å². The Kier molecular flexibility index (Phi) is 5.32. The van der Waals surface area contributed by atoms with Crippen LogP contribution in [0.15, 0.2) is 88.8 Å². The lowest BCUT2D eigenvalue weighted by molar-refractivity contribution is -0.116. The quantitative estimate of drug-likeness (QED) is 0.477. The first-order valence-corrected chi connectivity index (χ1v) is 10.9. The van der Waals surface area contributed by atoms with Gasteiger partial charge in [0.1, 0.15) is 12.4 Å². The standard InChI is InChI=1S/C22H16ClFN2O3S/c23-18-12-15(10-11-19(18)24)25-22(27)14-26-13-21(17-8-4-5-9-20(17)26)30(28,29)16-6-2-1-3-7-16/h1-13H,14H2,(H,25,27). The second-order valence-electron chi connectivity index (χ2n) is 6.63. The zero-order chi connectivity index (χ0) is 21.3. The molecular formula is C22H16ClFN2O3S. The number of amides is 1. The molecular weight excluding hydrogens is 427 g/mol. The van der Waals surface area contributed by atoms with E-state index in [9.17, 15) is 17.6 Å². The number of aromatic nitrogens is 1. The Hall–Kier alpha value is -3.16. The van der Waals surface area contributed by atoms with Crippen LogP contribution >= 0.6 is 11.6 Å². The molecule has 8 heteroatoms. The molecule has 0 unspecified atom stereocenters. The molecule has 0 radical (unpaired) electrons. The lowest BCUT2D eigenvalue weighted by Crippen LogP contribution is -2.18. The number of carbonyl (C=O) groups is 1. The molecule has 1 N–H and O–H groups in total. The zero-order valence-corrected chi connectivity index (χ0v) is 17.1. The fourth-order valence-corrected chi connectivity index (χ4v) is 4.89. The number of nitrogens with zero attached hydrogens (tertiary/aromatic N) is 1. The third kappa shape index (κ3) is 3.81. The summed E-state index contributed by atoms with van der Waals surface area (Å²) in [6.07, 6.45) is 1.46. The van der Waals surface area contributed by atoms with Gasteiger partial charge in [0.25, 0.3) is 0 Å². The van der Waals surface area contributed by atoms with Gasteiger partial charge in [-0.1, -0.05) is 48.0 Å². The molecule has 1 amide bonds. The van der Waals surface area contributed by atoms with Crippen molar-refractivity contribution < 1.29 is 17.6 Å². The molecule has 0 fully saturated rings. The molecule has 3 aromatic carbocycles. The fourth-order valence-electron chi connectivity index (χ4n) is 3.21. The number of nitrogens with one attached hydrogen (secondary N) is 1. The molecule has 0 aliphatic carbocycles. The molecule has 0 saturated heterocycles. The van der Waals surface area contributed by atoms with Gasteiger partial charge in [-0.3, -0.25) is 4.79 Å². The summed E-state index contributed by atoms with van der Waals surface area (Å²) in [6, 6.07) is 19.0. The molecule has 0 atom stereocenters. The van der Waals surface area contributed by atoms with E-state index in [0.29, 0.717) is 16.6 Å². The number of rotatable bonds is 5. The van der Waals surface area contributed by atoms with E-state index in [1.54, 1.807) is 47.0 Å². The van der Waals surface area contributed by atoms with E-state index in [2.05, 4.69) is 5.32 Å². The Balaban J connectivity index is 1.69. The lowest BCUT2D eigenvalue weighted by atomic mass is 10.2. The van der Waals surface area contributed by atoms with Gasteiger partial charge in [-0.15, -0.1) is 0 Å². The number of halogens is 2. The molecule has 0 aliphatic heterocycles. The van der Waals surface area contributed by atoms with Crippen molar-refractivity contribution in [1.82, 2.24) is 4.57 Å². The van der Waals surface area contributed by atoms with Crippen LogP contribution < -0.4 is 5.32 Å². The van der Waals surface area contributed by atoms with Crippen LogP contribution in [0.4, 0.5) is 10.1 Å². The van der Waals surface area contributed by atoms with Crippen LogP contribution in [0.5, 0.6) is 0 Å². The summed E-state index contributed by atoms with van der Waals surface area (Å²) in [6.45, 7) is -0.125. The van der Waals surface area contributed by atoms with Gasteiger partial charge in [0, 0.05) is 22.8 Å². The van der Waals surface area contributed by atoms with E-state index in [1.165, 1.54) is 30.5 Å². The van der Waals surface area contributed by atoms with Gasteiger partial charge >= 0.3 is 0 Å². The number of hydrogen-bond acceptors (Lipinski definition) is 3. The number of carbonyl (C=O) groups excluding carboxylic acids is 1. The first kappa shape index (κ1) is 20.1. The van der Waals surface area contributed by atoms with Gasteiger partial charge in [0.15, 0.2) is 0 Å². The van der Waals surface area contributed by atoms with Gasteiger partial charge in [-0.2, -0.15) is 0 Å². The van der Waals surface area contributed by atoms with Crippen molar-refractivity contribution >= 4 is 43.9 Å². The van der Waals surface area contributed by atoms with Crippen molar-refractivity contribution in [3.8, 4) is 0 Å². The van der Waals surface area contributed by atoms with Crippen molar-refractivity contribution in [3.05, 3.63) is 89.8 Å². The monoisotopic (exact) mass is 442 g/mol. The highest BCUT2D eigenvalue weighted by molar-refractivity contribution is 7.91. The Morgan fingerprint density at radius 3 is 2.43 bits per heavy atom. The van der Waals surface area contributed by atoms with E-state index in [4.69, 9.17) is 11.6 Å². The highest BCUT2D eigenvalue weighted by atomic mass is 35.5. The number of fused-ring (bicyclic) bond motifs is 1. The van der Waals surface area contributed by atoms with E-state index in [1.807, 2.05) is 0 Å². The van der Waals surface area contributed by atoms with Gasteiger partial charge in [0.05, 0.1) is 14.8 Å². The van der Waals surface area contributed by atoms with Crippen LogP contribution in [0.3, 0.4) is 0 Å². The van der Waals surface area contributed by atoms with Crippen molar-refractivity contribution in [2.24, 2.45) is 0 Å². The molecule has 0 saturated carbocycles. The van der Waals surface area contributed by atoms with Crippen molar-refractivity contribution in [2.75, 3.05) is 5.32 Å². The van der Waals surface area contributed by atoms with Crippen molar-refractivity contribution in [3.63, 3.8) is 0 Å². The maximum absolute atomic E-state index is 13.3. The van der Waals surface area contributed by atoms with Gasteiger partial charge in [0.2, 0.25) is 15.7 Å². The van der Waals surface area contributed by atoms with E-state index in [-0.39, 0.29) is 21.4 Å². The molecule has 1 aromatic heterocycles. The number of benzene rings is 3. The minimum Gasteiger partial charge on any atom is -0.337 e. The molecule has 152 valence electrons. The molecule has 1 heterocycles. The van der Waals surface area contributed by atoms with E-state index >= 15 is 0 Å². The summed E-state index contributed by atoms with van der Waals surface area (Å²) >= 11 is 5.75. The number of hydrogen-bond donors (Lipinski definition) is 1. The largest absolute Gasteiger partial charge is 0.337 e. The molecule has 4 rings (SSSR count). The van der Waals surface area contributed by atoms with Gasteiger partial charge in [-0.05, 0) is 36.4 Å². The van der Waals surface area contributed by atoms with Crippen LogP contribution in [0.1, 0.15) is 0 Å². The zero-order valence-electron chi connectivity index (χ0n) is 15.5. The van der Waals surface area contributed by atoms with Gasteiger partial charge in [-0.25, -0.2) is 12.8 Å². The van der Waals surface area contributed by atoms with Gasteiger partial charge < -0.3 is 9.88 Å². The van der Waals surface area contributed by atoms with Crippen LogP contribution in [0, 0.1) is 5.82 Å². The summed E-state index contributed by atoms with van der Waals surface area (Å²) in [7, 11) is -3.76. The maximum Gasteiger partial charge on any atom is 0.244 e. The normalized spacial score (nSPS) is 11.5. The lowest BCUT2D eigenvalue weighted by Gasteiger charge is -2.08. The van der Waals surface area contributed by atoms with Crippen molar-refractivity contribution in [1.29, 1.82) is 0 Å². The summed E-state index contributed by atoms with van der Waals surface area (Å²) < 4.78 is 41.2. The predicted octanol–water partition coefficient (Wildman–Crippen LogP) is 4.91. The Bertz CT molecular complexity index is 1350. The first-order chi connectivity index (χ1) is 14.4. The highest BCUT2D eigenvalue weighted by Gasteiger charge is 2.23. The molecule has 4 aromatic rings. The van der Waals surface area contributed by atoms with Crippen LogP contribution in [0.25, 0.3) is 10.9 Å². The Morgan fingerprint density at radius 1 is 1.00 bits per heavy atom. The van der Waals surface area contributed by atoms with E-state index in [0.717, 1.165) is 6.07 Å². The van der Waals surface area contributed by atoms with E-state index < -0.39 is 21.6 Å². The SMILES string of the molecule is O=C(Cn1cc(S(=O)(=O)c2ccccc2)c2ccccc21)Nc1ccc(F)c(Cl)c1. The molecule has 0 spiro atoms. The summed E-state index contributed by atoms with van der Waals surface area (Å²) in [5.74, 6) is -0.982. The molecule has 0 bridgehead atoms. The average molecular weight is 443 g/mol. The second-order valence-corrected chi connectivity index (χ2v) is 8.96.